The SMILES string of the molecule is c1ccc2cc3c(-c4coc5c4ccc4c6ccccc6ccc45)c(-c4cccc5oc6ccccc6c45)ccc3cc2c1. The summed E-state index contributed by atoms with van der Waals surface area (Å²) in [5.41, 5.74) is 7.28. The van der Waals surface area contributed by atoms with Crippen LogP contribution in [0.5, 0.6) is 0 Å². The molecule has 0 fully saturated rings. The van der Waals surface area contributed by atoms with Crippen LogP contribution in [-0.2, 0) is 0 Å². The molecule has 0 bridgehead atoms. The summed E-state index contributed by atoms with van der Waals surface area (Å²) >= 11 is 0. The predicted octanol–water partition coefficient (Wildman–Crippen LogP) is 12.3. The number of hydrogen-bond acceptors (Lipinski definition) is 2. The van der Waals surface area contributed by atoms with Gasteiger partial charge in [0.05, 0.1) is 6.26 Å². The van der Waals surface area contributed by atoms with E-state index >= 15 is 0 Å². The highest BCUT2D eigenvalue weighted by molar-refractivity contribution is 6.22. The maximum absolute atomic E-state index is 6.52. The Morgan fingerprint density at radius 2 is 1.07 bits per heavy atom. The first-order valence-electron chi connectivity index (χ1n) is 15.0. The second kappa shape index (κ2) is 8.82. The molecule has 2 aromatic heterocycles. The summed E-state index contributed by atoms with van der Waals surface area (Å²) in [5, 5.41) is 13.0. The van der Waals surface area contributed by atoms with E-state index in [1.54, 1.807) is 0 Å². The lowest BCUT2D eigenvalue weighted by Crippen LogP contribution is -1.89. The highest BCUT2D eigenvalue weighted by Gasteiger charge is 2.21. The molecule has 0 aliphatic rings. The van der Waals surface area contributed by atoms with E-state index in [0.717, 1.165) is 55.0 Å². The number of furan rings is 2. The van der Waals surface area contributed by atoms with Crippen LogP contribution in [0.15, 0.2) is 155 Å². The summed E-state index contributed by atoms with van der Waals surface area (Å²) in [6, 6.07) is 49.9. The van der Waals surface area contributed by atoms with Gasteiger partial charge in [0.2, 0.25) is 0 Å². The van der Waals surface area contributed by atoms with E-state index in [1.165, 1.54) is 43.3 Å². The highest BCUT2D eigenvalue weighted by Crippen LogP contribution is 2.47. The number of hydrogen-bond donors (Lipinski definition) is 0. The van der Waals surface area contributed by atoms with Crippen molar-refractivity contribution in [3.8, 4) is 22.3 Å². The third-order valence-electron chi connectivity index (χ3n) is 9.31. The van der Waals surface area contributed by atoms with Gasteiger partial charge in [-0.15, -0.1) is 0 Å². The quantitative estimate of drug-likeness (QED) is 0.155. The van der Waals surface area contributed by atoms with Crippen molar-refractivity contribution in [2.24, 2.45) is 0 Å². The predicted molar refractivity (Wildman–Crippen MR) is 184 cm³/mol. The van der Waals surface area contributed by atoms with Gasteiger partial charge >= 0.3 is 0 Å². The van der Waals surface area contributed by atoms with E-state index in [2.05, 4.69) is 127 Å². The minimum absolute atomic E-state index is 0.892. The molecular formula is C42H24O2. The Bertz CT molecular complexity index is 2780. The van der Waals surface area contributed by atoms with Gasteiger partial charge in [0.1, 0.15) is 16.7 Å². The lowest BCUT2D eigenvalue weighted by molar-refractivity contribution is 0.620. The smallest absolute Gasteiger partial charge is 0.142 e. The summed E-state index contributed by atoms with van der Waals surface area (Å²) in [6.07, 6.45) is 1.96. The monoisotopic (exact) mass is 560 g/mol. The van der Waals surface area contributed by atoms with Crippen LogP contribution in [-0.4, -0.2) is 0 Å². The van der Waals surface area contributed by atoms with Gasteiger partial charge < -0.3 is 8.83 Å². The van der Waals surface area contributed by atoms with E-state index in [1.807, 2.05) is 18.4 Å². The Morgan fingerprint density at radius 3 is 1.98 bits per heavy atom. The Kier molecular flexibility index (Phi) is 4.75. The van der Waals surface area contributed by atoms with Crippen LogP contribution < -0.4 is 0 Å². The van der Waals surface area contributed by atoms with Crippen LogP contribution in [0.25, 0.3) is 98.3 Å². The first-order valence-corrected chi connectivity index (χ1v) is 15.0. The molecule has 0 aliphatic carbocycles. The van der Waals surface area contributed by atoms with E-state index < -0.39 is 0 Å². The topological polar surface area (TPSA) is 26.3 Å². The molecule has 2 heterocycles. The molecule has 2 heteroatoms. The van der Waals surface area contributed by atoms with Crippen LogP contribution in [0, 0.1) is 0 Å². The van der Waals surface area contributed by atoms with Crippen LogP contribution in [0.4, 0.5) is 0 Å². The zero-order valence-electron chi connectivity index (χ0n) is 23.7. The molecule has 204 valence electrons. The Morgan fingerprint density at radius 1 is 0.364 bits per heavy atom. The third-order valence-corrected chi connectivity index (χ3v) is 9.31. The van der Waals surface area contributed by atoms with E-state index in [9.17, 15) is 0 Å². The molecular weight excluding hydrogens is 536 g/mol. The van der Waals surface area contributed by atoms with Crippen LogP contribution in [0.3, 0.4) is 0 Å². The van der Waals surface area contributed by atoms with Crippen LogP contribution >= 0.6 is 0 Å². The fraction of sp³-hybridized carbons (Fsp3) is 0. The van der Waals surface area contributed by atoms with Gasteiger partial charge in [-0.3, -0.25) is 0 Å². The molecule has 0 radical (unpaired) electrons. The highest BCUT2D eigenvalue weighted by atomic mass is 16.3. The molecule has 0 unspecified atom stereocenters. The Labute approximate surface area is 252 Å². The van der Waals surface area contributed by atoms with Gasteiger partial charge in [-0.2, -0.15) is 0 Å². The molecule has 0 aliphatic heterocycles. The molecule has 0 saturated heterocycles. The van der Waals surface area contributed by atoms with Crippen molar-refractivity contribution in [1.82, 2.24) is 0 Å². The van der Waals surface area contributed by atoms with E-state index in [4.69, 9.17) is 8.83 Å². The fourth-order valence-electron chi connectivity index (χ4n) is 7.30. The van der Waals surface area contributed by atoms with E-state index in [0.29, 0.717) is 0 Å². The van der Waals surface area contributed by atoms with Crippen molar-refractivity contribution in [3.05, 3.63) is 146 Å². The zero-order valence-corrected chi connectivity index (χ0v) is 23.7. The van der Waals surface area contributed by atoms with Crippen LogP contribution in [0.1, 0.15) is 0 Å². The second-order valence-corrected chi connectivity index (χ2v) is 11.7. The van der Waals surface area contributed by atoms with Gasteiger partial charge in [0, 0.05) is 32.7 Å². The number of para-hydroxylation sites is 1. The third kappa shape index (κ3) is 3.25. The summed E-state index contributed by atoms with van der Waals surface area (Å²) < 4.78 is 12.8. The largest absolute Gasteiger partial charge is 0.463 e. The molecule has 8 aromatic carbocycles. The maximum atomic E-state index is 6.52. The number of rotatable bonds is 2. The lowest BCUT2D eigenvalue weighted by Gasteiger charge is -2.15. The molecule has 0 atom stereocenters. The first-order chi connectivity index (χ1) is 21.8. The Balaban J connectivity index is 1.35. The number of benzene rings is 8. The minimum atomic E-state index is 0.892. The molecule has 2 nitrogen and oxygen atoms in total. The molecule has 44 heavy (non-hydrogen) atoms. The summed E-state index contributed by atoms with van der Waals surface area (Å²) in [6.45, 7) is 0. The molecule has 0 saturated carbocycles. The zero-order chi connectivity index (χ0) is 28.8. The van der Waals surface area contributed by atoms with Crippen molar-refractivity contribution in [2.75, 3.05) is 0 Å². The van der Waals surface area contributed by atoms with Crippen molar-refractivity contribution >= 4 is 76.0 Å². The maximum Gasteiger partial charge on any atom is 0.142 e. The minimum Gasteiger partial charge on any atom is -0.463 e. The van der Waals surface area contributed by atoms with Crippen LogP contribution in [0.2, 0.25) is 0 Å². The summed E-state index contributed by atoms with van der Waals surface area (Å²) in [7, 11) is 0. The molecule has 10 rings (SSSR count). The number of fused-ring (bicyclic) bond motifs is 10. The van der Waals surface area contributed by atoms with Crippen molar-refractivity contribution in [1.29, 1.82) is 0 Å². The second-order valence-electron chi connectivity index (χ2n) is 11.7. The average molecular weight is 561 g/mol. The molecule has 10 aromatic rings. The normalized spacial score (nSPS) is 12.1. The average Bonchev–Trinajstić information content (AvgIpc) is 3.68. The molecule has 0 N–H and O–H groups in total. The van der Waals surface area contributed by atoms with Crippen molar-refractivity contribution in [2.45, 2.75) is 0 Å². The summed E-state index contributed by atoms with van der Waals surface area (Å²) in [4.78, 5) is 0. The van der Waals surface area contributed by atoms with Gasteiger partial charge in [0.15, 0.2) is 0 Å². The summed E-state index contributed by atoms with van der Waals surface area (Å²) in [5.74, 6) is 0. The van der Waals surface area contributed by atoms with Gasteiger partial charge in [-0.25, -0.2) is 0 Å². The van der Waals surface area contributed by atoms with Gasteiger partial charge in [-0.1, -0.05) is 103 Å². The van der Waals surface area contributed by atoms with Crippen molar-refractivity contribution < 1.29 is 8.83 Å². The van der Waals surface area contributed by atoms with Gasteiger partial charge in [-0.05, 0) is 85.2 Å². The molecule has 0 amide bonds. The molecule has 0 spiro atoms. The fourth-order valence-corrected chi connectivity index (χ4v) is 7.30. The first kappa shape index (κ1) is 23.7. The lowest BCUT2D eigenvalue weighted by atomic mass is 9.87. The standard InChI is InChI=1S/C42H24O2/c1-2-10-27-23-36-28(22-26(27)9-1)17-18-32(31-13-7-15-39-41(31)35-12-5-6-14-38(35)44-39)40(36)37-24-43-42-33-19-16-25-8-3-4-11-29(25)30(33)20-21-34(37)42/h1-24H. The van der Waals surface area contributed by atoms with Crippen molar-refractivity contribution in [3.63, 3.8) is 0 Å². The Hall–Kier alpha value is -5.86. The van der Waals surface area contributed by atoms with E-state index in [-0.39, 0.29) is 0 Å². The van der Waals surface area contributed by atoms with Gasteiger partial charge in [0.25, 0.3) is 0 Å².